The molecule has 1 amide bonds. The van der Waals surface area contributed by atoms with Gasteiger partial charge in [0.25, 0.3) is 0 Å². The minimum Gasteiger partial charge on any atom is -0.406 e. The first-order valence-electron chi connectivity index (χ1n) is 12.6. The largest absolute Gasteiger partial charge is 0.573 e. The van der Waals surface area contributed by atoms with Gasteiger partial charge in [0.15, 0.2) is 12.0 Å². The third kappa shape index (κ3) is 8.84. The topological polar surface area (TPSA) is 127 Å². The molecule has 2 aromatic carbocycles. The van der Waals surface area contributed by atoms with Crippen LogP contribution in [0.3, 0.4) is 0 Å². The zero-order chi connectivity index (χ0) is 30.4. The standard InChI is InChI=1S/C26H29Cl2F4N7O2/c1-3-39(24(40)21-5-4-8-35-21)22(23(34)15-6-7-19(27)20(28)9-15)13-36-25(2,37-14-33)38-17-10-16(29)11-18(12-17)41-26(30,31)32/h6-7,9-12,21-22,34-38H,3-5,8,13H2,1-2H3/p+1/t21-,22?,25?/m1/s1. The van der Waals surface area contributed by atoms with Crippen molar-refractivity contribution in [3.05, 3.63) is 57.8 Å². The van der Waals surface area contributed by atoms with Gasteiger partial charge in [-0.2, -0.15) is 5.26 Å². The third-order valence-corrected chi connectivity index (χ3v) is 7.16. The molecule has 0 bridgehead atoms. The summed E-state index contributed by atoms with van der Waals surface area (Å²) in [6.07, 6.45) is -1.78. The normalized spacial score (nSPS) is 17.2. The monoisotopic (exact) mass is 618 g/mol. The summed E-state index contributed by atoms with van der Waals surface area (Å²) >= 11 is 12.3. The van der Waals surface area contributed by atoms with Crippen LogP contribution in [-0.2, 0) is 4.79 Å². The van der Waals surface area contributed by atoms with E-state index in [-0.39, 0.29) is 35.4 Å². The number of nitrogens with one attached hydrogen (secondary N) is 4. The van der Waals surface area contributed by atoms with Crippen LogP contribution < -0.4 is 31.4 Å². The summed E-state index contributed by atoms with van der Waals surface area (Å²) in [5.74, 6) is -3.51. The highest BCUT2D eigenvalue weighted by atomic mass is 35.5. The summed E-state index contributed by atoms with van der Waals surface area (Å²) < 4.78 is 56.1. The Kier molecular flexibility index (Phi) is 10.7. The van der Waals surface area contributed by atoms with Crippen LogP contribution in [0.15, 0.2) is 36.4 Å². The zero-order valence-electron chi connectivity index (χ0n) is 22.2. The Morgan fingerprint density at radius 3 is 2.59 bits per heavy atom. The van der Waals surface area contributed by atoms with Crippen molar-refractivity contribution >= 4 is 40.5 Å². The van der Waals surface area contributed by atoms with Crippen LogP contribution in [0, 0.1) is 17.3 Å². The molecule has 1 heterocycles. The molecular formula is C26H30Cl2F4N7O2+. The second-order valence-corrected chi connectivity index (χ2v) is 10.3. The maximum atomic E-state index is 14.1. The molecule has 6 N–H and O–H groups in total. The number of ether oxygens (including phenoxy) is 1. The molecule has 2 aromatic rings. The number of likely N-dealkylation sites (N-methyl/N-ethyl adjacent to an activating group) is 1. The number of carbonyl (C=O) groups excluding carboxylic acids is 1. The number of nitriles is 1. The van der Waals surface area contributed by atoms with Gasteiger partial charge in [-0.05, 0) is 57.5 Å². The summed E-state index contributed by atoms with van der Waals surface area (Å²) in [7, 11) is 0. The molecule has 0 radical (unpaired) electrons. The predicted molar refractivity (Wildman–Crippen MR) is 147 cm³/mol. The van der Waals surface area contributed by atoms with E-state index >= 15 is 0 Å². The van der Waals surface area contributed by atoms with Gasteiger partial charge < -0.3 is 20.3 Å². The Balaban J connectivity index is 1.92. The maximum Gasteiger partial charge on any atom is 0.573 e. The van der Waals surface area contributed by atoms with E-state index in [2.05, 4.69) is 26.0 Å². The van der Waals surface area contributed by atoms with Gasteiger partial charge in [-0.3, -0.25) is 20.8 Å². The van der Waals surface area contributed by atoms with Crippen LogP contribution in [0.4, 0.5) is 23.2 Å². The van der Waals surface area contributed by atoms with Crippen molar-refractivity contribution in [3.8, 4) is 11.9 Å². The number of halogens is 6. The van der Waals surface area contributed by atoms with Crippen molar-refractivity contribution in [2.45, 2.75) is 50.9 Å². The van der Waals surface area contributed by atoms with Crippen LogP contribution in [0.25, 0.3) is 0 Å². The van der Waals surface area contributed by atoms with E-state index in [1.807, 2.05) is 0 Å². The summed E-state index contributed by atoms with van der Waals surface area (Å²) in [5, 5.41) is 28.1. The number of anilines is 1. The number of rotatable bonds is 12. The van der Waals surface area contributed by atoms with Gasteiger partial charge in [-0.1, -0.05) is 23.2 Å². The van der Waals surface area contributed by atoms with E-state index in [1.165, 1.54) is 6.92 Å². The van der Waals surface area contributed by atoms with E-state index in [9.17, 15) is 27.6 Å². The van der Waals surface area contributed by atoms with E-state index in [1.54, 1.807) is 36.2 Å². The van der Waals surface area contributed by atoms with Crippen molar-refractivity contribution in [2.24, 2.45) is 0 Å². The molecule has 1 saturated heterocycles. The number of nitrogens with two attached hydrogens (primary N) is 1. The Labute approximate surface area is 244 Å². The van der Waals surface area contributed by atoms with Crippen LogP contribution in [0.2, 0.25) is 10.0 Å². The zero-order valence-corrected chi connectivity index (χ0v) is 23.7. The SMILES string of the molecule is CCN(C(=O)[C@H]1CCCN1)C(CNC(C)(NC#N)Nc1cc(F)cc(OC(F)(F)F)c1)C(=[NH2+])c1ccc(Cl)c(Cl)c1. The molecule has 3 rings (SSSR count). The van der Waals surface area contributed by atoms with Gasteiger partial charge in [0.05, 0.1) is 16.1 Å². The molecule has 0 saturated carbocycles. The summed E-state index contributed by atoms with van der Waals surface area (Å²) in [6, 6.07) is 6.05. The molecule has 1 fully saturated rings. The molecule has 9 nitrogen and oxygen atoms in total. The molecular weight excluding hydrogens is 589 g/mol. The van der Waals surface area contributed by atoms with Crippen LogP contribution >= 0.6 is 23.2 Å². The lowest BCUT2D eigenvalue weighted by molar-refractivity contribution is -0.274. The number of hydrogen-bond donors (Lipinski definition) is 5. The van der Waals surface area contributed by atoms with Gasteiger partial charge in [0, 0.05) is 36.5 Å². The van der Waals surface area contributed by atoms with Crippen molar-refractivity contribution in [1.29, 1.82) is 5.26 Å². The number of benzene rings is 2. The fourth-order valence-electron chi connectivity index (χ4n) is 4.53. The average Bonchev–Trinajstić information content (AvgIpc) is 3.41. The molecule has 1 aliphatic rings. The molecule has 0 spiro atoms. The van der Waals surface area contributed by atoms with E-state index in [0.29, 0.717) is 29.6 Å². The Morgan fingerprint density at radius 2 is 2.00 bits per heavy atom. The first kappa shape index (κ1) is 32.2. The average molecular weight is 619 g/mol. The van der Waals surface area contributed by atoms with Gasteiger partial charge in [-0.15, -0.1) is 13.2 Å². The summed E-state index contributed by atoms with van der Waals surface area (Å²) in [6.45, 7) is 4.20. The highest BCUT2D eigenvalue weighted by Crippen LogP contribution is 2.28. The lowest BCUT2D eigenvalue weighted by Crippen LogP contribution is -2.66. The van der Waals surface area contributed by atoms with E-state index in [0.717, 1.165) is 18.6 Å². The lowest BCUT2D eigenvalue weighted by Gasteiger charge is -2.36. The Hall–Kier alpha value is -3.31. The third-order valence-electron chi connectivity index (χ3n) is 6.42. The van der Waals surface area contributed by atoms with Crippen LogP contribution in [-0.4, -0.2) is 60.4 Å². The summed E-state index contributed by atoms with van der Waals surface area (Å²) in [5.41, 5.74) is 0.660. The fourth-order valence-corrected chi connectivity index (χ4v) is 4.83. The molecule has 15 heteroatoms. The number of alkyl halides is 3. The molecule has 0 aliphatic carbocycles. The second-order valence-electron chi connectivity index (χ2n) is 9.46. The number of hydrogen-bond acceptors (Lipinski definition) is 7. The van der Waals surface area contributed by atoms with E-state index in [4.69, 9.17) is 28.6 Å². The lowest BCUT2D eigenvalue weighted by atomic mass is 10.00. The van der Waals surface area contributed by atoms with Crippen molar-refractivity contribution in [2.75, 3.05) is 25.0 Å². The van der Waals surface area contributed by atoms with E-state index < -0.39 is 35.8 Å². The van der Waals surface area contributed by atoms with Gasteiger partial charge in [0.2, 0.25) is 11.6 Å². The molecule has 222 valence electrons. The second kappa shape index (κ2) is 13.6. The van der Waals surface area contributed by atoms with Crippen molar-refractivity contribution in [3.63, 3.8) is 0 Å². The first-order valence-corrected chi connectivity index (χ1v) is 13.4. The predicted octanol–water partition coefficient (Wildman–Crippen LogP) is 2.99. The quantitative estimate of drug-likeness (QED) is 0.0814. The number of carbonyl (C=O) groups is 1. The minimum absolute atomic E-state index is 0.0439. The van der Waals surface area contributed by atoms with Crippen LogP contribution in [0.1, 0.15) is 32.3 Å². The minimum atomic E-state index is -5.03. The van der Waals surface area contributed by atoms with Crippen molar-refractivity contribution in [1.82, 2.24) is 20.9 Å². The first-order chi connectivity index (χ1) is 19.2. The van der Waals surface area contributed by atoms with Crippen molar-refractivity contribution < 1.29 is 32.5 Å². The van der Waals surface area contributed by atoms with Gasteiger partial charge in [-0.25, -0.2) is 4.39 Å². The van der Waals surface area contributed by atoms with Gasteiger partial charge >= 0.3 is 6.36 Å². The molecule has 0 aromatic heterocycles. The highest BCUT2D eigenvalue weighted by Gasteiger charge is 2.37. The summed E-state index contributed by atoms with van der Waals surface area (Å²) in [4.78, 5) is 15.1. The Bertz CT molecular complexity index is 1300. The molecule has 2 unspecified atom stereocenters. The fraction of sp³-hybridized carbons (Fsp3) is 0.423. The van der Waals surface area contributed by atoms with Crippen LogP contribution in [0.5, 0.6) is 5.75 Å². The maximum absolute atomic E-state index is 14.1. The number of nitrogens with zero attached hydrogens (tertiary/aromatic N) is 2. The highest BCUT2D eigenvalue weighted by molar-refractivity contribution is 6.42. The molecule has 1 aliphatic heterocycles. The molecule has 41 heavy (non-hydrogen) atoms. The van der Waals surface area contributed by atoms with Gasteiger partial charge in [0.1, 0.15) is 17.6 Å². The number of amides is 1. The molecule has 3 atom stereocenters. The smallest absolute Gasteiger partial charge is 0.406 e. The Morgan fingerprint density at radius 1 is 1.27 bits per heavy atom.